The summed E-state index contributed by atoms with van der Waals surface area (Å²) in [7, 11) is -3.69. The van der Waals surface area contributed by atoms with Gasteiger partial charge < -0.3 is 10.1 Å². The van der Waals surface area contributed by atoms with Crippen molar-refractivity contribution in [3.63, 3.8) is 0 Å². The standard InChI is InChI=1S/C14H17ClF2N2O3S/c15-12-5-11(1-2-13(12)22-14(16)17)23(20,21)19-4-3-9-6-18-7-10(9)8-19/h1-2,5,9-10,14,18H,3-4,6-8H2. The second kappa shape index (κ2) is 6.51. The number of hydrogen-bond acceptors (Lipinski definition) is 4. The summed E-state index contributed by atoms with van der Waals surface area (Å²) in [6.07, 6.45) is 0.817. The van der Waals surface area contributed by atoms with Crippen molar-refractivity contribution in [1.82, 2.24) is 9.62 Å². The molecule has 2 fully saturated rings. The number of alkyl halides is 2. The minimum absolute atomic E-state index is 0.00600. The van der Waals surface area contributed by atoms with Gasteiger partial charge in [0.05, 0.1) is 9.92 Å². The van der Waals surface area contributed by atoms with Gasteiger partial charge in [-0.1, -0.05) is 11.6 Å². The van der Waals surface area contributed by atoms with Crippen molar-refractivity contribution in [2.24, 2.45) is 11.8 Å². The van der Waals surface area contributed by atoms with E-state index in [0.29, 0.717) is 24.9 Å². The summed E-state index contributed by atoms with van der Waals surface area (Å²) in [6.45, 7) is -0.336. The third kappa shape index (κ3) is 3.45. The van der Waals surface area contributed by atoms with Gasteiger partial charge in [0.1, 0.15) is 5.75 Å². The summed E-state index contributed by atoms with van der Waals surface area (Å²) in [5.74, 6) is 0.599. The second-order valence-electron chi connectivity index (χ2n) is 5.80. The summed E-state index contributed by atoms with van der Waals surface area (Å²) in [5, 5.41) is 3.13. The van der Waals surface area contributed by atoms with E-state index in [-0.39, 0.29) is 15.7 Å². The number of halogens is 3. The fourth-order valence-electron chi connectivity index (χ4n) is 3.20. The molecule has 2 aliphatic rings. The van der Waals surface area contributed by atoms with Crippen molar-refractivity contribution in [3.8, 4) is 5.75 Å². The molecule has 0 spiro atoms. The Labute approximate surface area is 138 Å². The number of nitrogens with one attached hydrogen (secondary N) is 1. The van der Waals surface area contributed by atoms with E-state index < -0.39 is 16.6 Å². The van der Waals surface area contributed by atoms with Crippen LogP contribution in [0.2, 0.25) is 5.02 Å². The van der Waals surface area contributed by atoms with Crippen molar-refractivity contribution in [1.29, 1.82) is 0 Å². The van der Waals surface area contributed by atoms with Crippen LogP contribution in [0, 0.1) is 11.8 Å². The van der Waals surface area contributed by atoms with Gasteiger partial charge in [-0.2, -0.15) is 13.1 Å². The van der Waals surface area contributed by atoms with Crippen LogP contribution in [0.4, 0.5) is 8.78 Å². The van der Waals surface area contributed by atoms with Gasteiger partial charge >= 0.3 is 6.61 Å². The minimum Gasteiger partial charge on any atom is -0.433 e. The lowest BCUT2D eigenvalue weighted by Gasteiger charge is -2.33. The molecule has 0 aliphatic carbocycles. The summed E-state index contributed by atoms with van der Waals surface area (Å²) in [5.41, 5.74) is 0. The molecule has 2 atom stereocenters. The maximum Gasteiger partial charge on any atom is 0.387 e. The fraction of sp³-hybridized carbons (Fsp3) is 0.571. The lowest BCUT2D eigenvalue weighted by Crippen LogP contribution is -2.43. The first kappa shape index (κ1) is 16.9. The average Bonchev–Trinajstić information content (AvgIpc) is 2.96. The third-order valence-corrected chi connectivity index (χ3v) is 6.58. The number of hydrogen-bond donors (Lipinski definition) is 1. The van der Waals surface area contributed by atoms with Crippen LogP contribution < -0.4 is 10.1 Å². The molecule has 9 heteroatoms. The van der Waals surface area contributed by atoms with E-state index in [1.54, 1.807) is 0 Å². The Kier molecular flexibility index (Phi) is 4.78. The van der Waals surface area contributed by atoms with Gasteiger partial charge in [-0.3, -0.25) is 0 Å². The summed E-state index contributed by atoms with van der Waals surface area (Å²) >= 11 is 5.86. The van der Waals surface area contributed by atoms with E-state index in [4.69, 9.17) is 11.6 Å². The van der Waals surface area contributed by atoms with Crippen molar-refractivity contribution >= 4 is 21.6 Å². The zero-order valence-corrected chi connectivity index (χ0v) is 13.8. The quantitative estimate of drug-likeness (QED) is 0.887. The molecule has 2 aliphatic heterocycles. The van der Waals surface area contributed by atoms with E-state index in [1.165, 1.54) is 10.4 Å². The molecular formula is C14H17ClF2N2O3S. The van der Waals surface area contributed by atoms with E-state index in [2.05, 4.69) is 10.1 Å². The van der Waals surface area contributed by atoms with Gasteiger partial charge in [0.15, 0.2) is 0 Å². The molecule has 1 aromatic rings. The van der Waals surface area contributed by atoms with Crippen molar-refractivity contribution in [2.45, 2.75) is 17.9 Å². The highest BCUT2D eigenvalue weighted by Gasteiger charge is 2.37. The Hall–Kier alpha value is -0.960. The summed E-state index contributed by atoms with van der Waals surface area (Å²) in [4.78, 5) is -0.00600. The van der Waals surface area contributed by atoms with Gasteiger partial charge in [0.25, 0.3) is 0 Å². The molecule has 128 valence electrons. The van der Waals surface area contributed by atoms with Crippen LogP contribution in [0.5, 0.6) is 5.75 Å². The molecule has 2 saturated heterocycles. The van der Waals surface area contributed by atoms with Gasteiger partial charge in [0, 0.05) is 13.1 Å². The molecule has 5 nitrogen and oxygen atoms in total. The number of benzene rings is 1. The SMILES string of the molecule is O=S(=O)(c1ccc(OC(F)F)c(Cl)c1)N1CCC2CNCC2C1. The predicted molar refractivity (Wildman–Crippen MR) is 81.3 cm³/mol. The molecule has 0 radical (unpaired) electrons. The van der Waals surface area contributed by atoms with Gasteiger partial charge in [-0.05, 0) is 49.5 Å². The average molecular weight is 367 g/mol. The van der Waals surface area contributed by atoms with E-state index in [9.17, 15) is 17.2 Å². The van der Waals surface area contributed by atoms with E-state index >= 15 is 0 Å². The number of sulfonamides is 1. The number of rotatable bonds is 4. The highest BCUT2D eigenvalue weighted by Crippen LogP contribution is 2.33. The second-order valence-corrected chi connectivity index (χ2v) is 8.15. The van der Waals surface area contributed by atoms with Crippen LogP contribution in [-0.2, 0) is 10.0 Å². The van der Waals surface area contributed by atoms with Crippen molar-refractivity contribution < 1.29 is 21.9 Å². The van der Waals surface area contributed by atoms with Crippen LogP contribution in [0.1, 0.15) is 6.42 Å². The first-order valence-electron chi connectivity index (χ1n) is 7.33. The van der Waals surface area contributed by atoms with Crippen LogP contribution in [0.3, 0.4) is 0 Å². The molecule has 23 heavy (non-hydrogen) atoms. The first-order chi connectivity index (χ1) is 10.9. The number of ether oxygens (including phenoxy) is 1. The van der Waals surface area contributed by atoms with Crippen LogP contribution in [-0.4, -0.2) is 45.5 Å². The summed E-state index contributed by atoms with van der Waals surface area (Å²) in [6, 6.07) is 3.57. The van der Waals surface area contributed by atoms with Crippen molar-refractivity contribution in [2.75, 3.05) is 26.2 Å². The molecule has 1 aromatic carbocycles. The van der Waals surface area contributed by atoms with Gasteiger partial charge in [-0.25, -0.2) is 8.42 Å². The van der Waals surface area contributed by atoms with Gasteiger partial charge in [0.2, 0.25) is 10.0 Å². The highest BCUT2D eigenvalue weighted by molar-refractivity contribution is 7.89. The lowest BCUT2D eigenvalue weighted by atomic mass is 9.90. The predicted octanol–water partition coefficient (Wildman–Crippen LogP) is 2.17. The smallest absolute Gasteiger partial charge is 0.387 e. The summed E-state index contributed by atoms with van der Waals surface area (Å²) < 4.78 is 55.6. The molecule has 0 amide bonds. The molecule has 0 saturated carbocycles. The molecule has 1 N–H and O–H groups in total. The zero-order valence-electron chi connectivity index (χ0n) is 12.2. The lowest BCUT2D eigenvalue weighted by molar-refractivity contribution is -0.0498. The van der Waals surface area contributed by atoms with Crippen molar-refractivity contribution in [3.05, 3.63) is 23.2 Å². The normalized spacial score (nSPS) is 25.6. The zero-order chi connectivity index (χ0) is 16.6. The molecule has 3 rings (SSSR count). The maximum absolute atomic E-state index is 12.7. The molecular weight excluding hydrogens is 350 g/mol. The Balaban J connectivity index is 1.81. The Bertz CT molecular complexity index is 687. The van der Waals surface area contributed by atoms with E-state index in [0.717, 1.165) is 31.6 Å². The third-order valence-electron chi connectivity index (χ3n) is 4.42. The molecule has 0 bridgehead atoms. The fourth-order valence-corrected chi connectivity index (χ4v) is 5.03. The largest absolute Gasteiger partial charge is 0.433 e. The number of piperidine rings is 1. The Morgan fingerprint density at radius 2 is 2.04 bits per heavy atom. The Morgan fingerprint density at radius 1 is 1.30 bits per heavy atom. The topological polar surface area (TPSA) is 58.6 Å². The molecule has 0 aromatic heterocycles. The molecule has 2 unspecified atom stereocenters. The Morgan fingerprint density at radius 3 is 2.74 bits per heavy atom. The highest BCUT2D eigenvalue weighted by atomic mass is 35.5. The minimum atomic E-state index is -3.69. The maximum atomic E-state index is 12.7. The number of nitrogens with zero attached hydrogens (tertiary/aromatic N) is 1. The number of fused-ring (bicyclic) bond motifs is 1. The van der Waals surface area contributed by atoms with Crippen LogP contribution in [0.25, 0.3) is 0 Å². The van der Waals surface area contributed by atoms with Gasteiger partial charge in [-0.15, -0.1) is 0 Å². The monoisotopic (exact) mass is 366 g/mol. The first-order valence-corrected chi connectivity index (χ1v) is 9.15. The van der Waals surface area contributed by atoms with E-state index in [1.807, 2.05) is 0 Å². The molecule has 2 heterocycles. The van der Waals surface area contributed by atoms with Crippen LogP contribution >= 0.6 is 11.6 Å². The van der Waals surface area contributed by atoms with Crippen LogP contribution in [0.15, 0.2) is 23.1 Å².